The summed E-state index contributed by atoms with van der Waals surface area (Å²) in [5.74, 6) is 1.86. The van der Waals surface area contributed by atoms with Crippen molar-refractivity contribution in [1.82, 2.24) is 4.98 Å². The molecule has 0 radical (unpaired) electrons. The predicted octanol–water partition coefficient (Wildman–Crippen LogP) is 3.02. The lowest BCUT2D eigenvalue weighted by Gasteiger charge is -2.20. The van der Waals surface area contributed by atoms with Crippen LogP contribution in [-0.4, -0.2) is 18.2 Å². The first-order valence-electron chi connectivity index (χ1n) is 6.57. The van der Waals surface area contributed by atoms with Crippen molar-refractivity contribution in [2.75, 3.05) is 18.9 Å². The SMILES string of the molecule is Cc1nc2cc3c(cc2c(N)c1C(C)C)OCCO3. The number of anilines is 1. The molecule has 3 rings (SSSR count). The molecule has 100 valence electrons. The van der Waals surface area contributed by atoms with Crippen LogP contribution in [0.5, 0.6) is 11.5 Å². The third-order valence-electron chi connectivity index (χ3n) is 3.50. The predicted molar refractivity (Wildman–Crippen MR) is 76.0 cm³/mol. The zero-order valence-corrected chi connectivity index (χ0v) is 11.5. The Hall–Kier alpha value is -1.97. The molecule has 1 aliphatic rings. The Morgan fingerprint density at radius 2 is 1.79 bits per heavy atom. The summed E-state index contributed by atoms with van der Waals surface area (Å²) in [6, 6.07) is 3.86. The van der Waals surface area contributed by atoms with Crippen LogP contribution in [0.15, 0.2) is 12.1 Å². The highest BCUT2D eigenvalue weighted by atomic mass is 16.6. The molecular formula is C15H18N2O2. The van der Waals surface area contributed by atoms with Crippen molar-refractivity contribution in [3.05, 3.63) is 23.4 Å². The zero-order chi connectivity index (χ0) is 13.6. The number of nitrogen functional groups attached to an aromatic ring is 1. The Morgan fingerprint density at radius 3 is 2.42 bits per heavy atom. The highest BCUT2D eigenvalue weighted by molar-refractivity contribution is 5.94. The van der Waals surface area contributed by atoms with Gasteiger partial charge in [-0.1, -0.05) is 13.8 Å². The average Bonchev–Trinajstić information content (AvgIpc) is 2.36. The number of benzene rings is 1. The second-order valence-electron chi connectivity index (χ2n) is 5.19. The van der Waals surface area contributed by atoms with Gasteiger partial charge in [0.05, 0.1) is 5.52 Å². The number of nitrogens with zero attached hydrogens (tertiary/aromatic N) is 1. The first kappa shape index (κ1) is 12.1. The summed E-state index contributed by atoms with van der Waals surface area (Å²) in [5.41, 5.74) is 10.1. The Morgan fingerprint density at radius 1 is 1.16 bits per heavy atom. The number of aromatic nitrogens is 1. The molecule has 1 aromatic heterocycles. The maximum atomic E-state index is 6.32. The minimum absolute atomic E-state index is 0.352. The minimum atomic E-state index is 0.352. The Labute approximate surface area is 112 Å². The summed E-state index contributed by atoms with van der Waals surface area (Å²) in [7, 11) is 0. The van der Waals surface area contributed by atoms with Gasteiger partial charge in [-0.15, -0.1) is 0 Å². The van der Waals surface area contributed by atoms with Crippen LogP contribution in [-0.2, 0) is 0 Å². The van der Waals surface area contributed by atoms with Crippen LogP contribution < -0.4 is 15.2 Å². The van der Waals surface area contributed by atoms with Crippen LogP contribution in [0.25, 0.3) is 10.9 Å². The smallest absolute Gasteiger partial charge is 0.163 e. The quantitative estimate of drug-likeness (QED) is 0.854. The van der Waals surface area contributed by atoms with Crippen molar-refractivity contribution < 1.29 is 9.47 Å². The van der Waals surface area contributed by atoms with E-state index >= 15 is 0 Å². The molecule has 19 heavy (non-hydrogen) atoms. The zero-order valence-electron chi connectivity index (χ0n) is 11.5. The lowest BCUT2D eigenvalue weighted by Crippen LogP contribution is -2.15. The summed E-state index contributed by atoms with van der Waals surface area (Å²) in [4.78, 5) is 4.65. The molecule has 2 N–H and O–H groups in total. The first-order valence-corrected chi connectivity index (χ1v) is 6.57. The van der Waals surface area contributed by atoms with E-state index in [1.807, 2.05) is 19.1 Å². The molecule has 0 saturated carbocycles. The lowest BCUT2D eigenvalue weighted by molar-refractivity contribution is 0.172. The molecule has 4 heteroatoms. The second-order valence-corrected chi connectivity index (χ2v) is 5.19. The maximum absolute atomic E-state index is 6.32. The van der Waals surface area contributed by atoms with E-state index in [-0.39, 0.29) is 0 Å². The van der Waals surface area contributed by atoms with Gasteiger partial charge < -0.3 is 15.2 Å². The second kappa shape index (κ2) is 4.30. The van der Waals surface area contributed by atoms with Crippen LogP contribution in [0.3, 0.4) is 0 Å². The third-order valence-corrected chi connectivity index (χ3v) is 3.50. The summed E-state index contributed by atoms with van der Waals surface area (Å²) < 4.78 is 11.2. The van der Waals surface area contributed by atoms with Crippen molar-refractivity contribution in [2.24, 2.45) is 0 Å². The monoisotopic (exact) mass is 258 g/mol. The number of aryl methyl sites for hydroxylation is 1. The van der Waals surface area contributed by atoms with E-state index < -0.39 is 0 Å². The molecule has 0 fully saturated rings. The third kappa shape index (κ3) is 1.87. The molecule has 1 aliphatic heterocycles. The van der Waals surface area contributed by atoms with E-state index in [4.69, 9.17) is 15.2 Å². The molecule has 0 atom stereocenters. The van der Waals surface area contributed by atoms with Crippen LogP contribution in [0.2, 0.25) is 0 Å². The van der Waals surface area contributed by atoms with Gasteiger partial charge in [-0.05, 0) is 24.5 Å². The minimum Gasteiger partial charge on any atom is -0.486 e. The highest BCUT2D eigenvalue weighted by Crippen LogP contribution is 2.38. The molecule has 4 nitrogen and oxygen atoms in total. The first-order chi connectivity index (χ1) is 9.08. The molecule has 2 aromatic rings. The lowest BCUT2D eigenvalue weighted by atomic mass is 9.97. The summed E-state index contributed by atoms with van der Waals surface area (Å²) in [6.07, 6.45) is 0. The molecule has 0 aliphatic carbocycles. The number of hydrogen-bond acceptors (Lipinski definition) is 4. The van der Waals surface area contributed by atoms with Crippen LogP contribution >= 0.6 is 0 Å². The van der Waals surface area contributed by atoms with Crippen LogP contribution in [0.1, 0.15) is 31.0 Å². The Balaban J connectivity index is 2.30. The van der Waals surface area contributed by atoms with Gasteiger partial charge in [-0.3, -0.25) is 4.98 Å². The number of rotatable bonds is 1. The standard InChI is InChI=1S/C15H18N2O2/c1-8(2)14-9(3)17-11-7-13-12(18-4-5-19-13)6-10(11)15(14)16/h6-8H,4-5H2,1-3H3,(H2,16,17). The van der Waals surface area contributed by atoms with Crippen molar-refractivity contribution >= 4 is 16.6 Å². The number of fused-ring (bicyclic) bond motifs is 2. The van der Waals surface area contributed by atoms with Gasteiger partial charge in [0.15, 0.2) is 11.5 Å². The van der Waals surface area contributed by atoms with Crippen LogP contribution in [0.4, 0.5) is 5.69 Å². The van der Waals surface area contributed by atoms with Crippen molar-refractivity contribution in [3.63, 3.8) is 0 Å². The molecule has 0 amide bonds. The number of nitrogens with two attached hydrogens (primary N) is 1. The van der Waals surface area contributed by atoms with Gasteiger partial charge in [0.1, 0.15) is 13.2 Å². The summed E-state index contributed by atoms with van der Waals surface area (Å²) >= 11 is 0. The Bertz CT molecular complexity index is 650. The van der Waals surface area contributed by atoms with E-state index in [1.54, 1.807) is 0 Å². The van der Waals surface area contributed by atoms with Gasteiger partial charge in [-0.25, -0.2) is 0 Å². The van der Waals surface area contributed by atoms with E-state index in [2.05, 4.69) is 18.8 Å². The fraction of sp³-hybridized carbons (Fsp3) is 0.400. The van der Waals surface area contributed by atoms with Gasteiger partial charge in [0.2, 0.25) is 0 Å². The number of hydrogen-bond donors (Lipinski definition) is 1. The fourth-order valence-electron chi connectivity index (χ4n) is 2.70. The summed E-state index contributed by atoms with van der Waals surface area (Å²) in [5, 5.41) is 0.943. The molecule has 0 bridgehead atoms. The summed E-state index contributed by atoms with van der Waals surface area (Å²) in [6.45, 7) is 7.42. The molecule has 1 aromatic carbocycles. The van der Waals surface area contributed by atoms with Crippen molar-refractivity contribution in [1.29, 1.82) is 0 Å². The van der Waals surface area contributed by atoms with Gasteiger partial charge >= 0.3 is 0 Å². The van der Waals surface area contributed by atoms with Gasteiger partial charge in [-0.2, -0.15) is 0 Å². The maximum Gasteiger partial charge on any atom is 0.163 e. The fourth-order valence-corrected chi connectivity index (χ4v) is 2.70. The molecule has 0 saturated heterocycles. The van der Waals surface area contributed by atoms with Gasteiger partial charge in [0.25, 0.3) is 0 Å². The van der Waals surface area contributed by atoms with Crippen molar-refractivity contribution in [3.8, 4) is 11.5 Å². The topological polar surface area (TPSA) is 57.4 Å². The van der Waals surface area contributed by atoms with E-state index in [0.717, 1.165) is 39.3 Å². The molecule has 0 unspecified atom stereocenters. The van der Waals surface area contributed by atoms with Gasteiger partial charge in [0, 0.05) is 22.8 Å². The normalized spacial score (nSPS) is 14.1. The number of ether oxygens (including phenoxy) is 2. The number of pyridine rings is 1. The highest BCUT2D eigenvalue weighted by Gasteiger charge is 2.18. The Kier molecular flexibility index (Phi) is 2.73. The van der Waals surface area contributed by atoms with E-state index in [9.17, 15) is 0 Å². The molecule has 0 spiro atoms. The van der Waals surface area contributed by atoms with Crippen LogP contribution in [0, 0.1) is 6.92 Å². The van der Waals surface area contributed by atoms with E-state index in [1.165, 1.54) is 0 Å². The largest absolute Gasteiger partial charge is 0.486 e. The van der Waals surface area contributed by atoms with Crippen molar-refractivity contribution in [2.45, 2.75) is 26.7 Å². The molecule has 2 heterocycles. The average molecular weight is 258 g/mol. The van der Waals surface area contributed by atoms with E-state index in [0.29, 0.717) is 19.1 Å². The molecular weight excluding hydrogens is 240 g/mol.